The Bertz CT molecular complexity index is 678. The van der Waals surface area contributed by atoms with Crippen LogP contribution in [0.4, 0.5) is 5.00 Å². The lowest BCUT2D eigenvalue weighted by atomic mass is 10.1. The average Bonchev–Trinajstić information content (AvgIpc) is 2.78. The Labute approximate surface area is 164 Å². The first-order chi connectivity index (χ1) is 13.0. The zero-order valence-electron chi connectivity index (χ0n) is 16.3. The van der Waals surface area contributed by atoms with Crippen LogP contribution in [-0.2, 0) is 14.3 Å². The van der Waals surface area contributed by atoms with E-state index >= 15 is 0 Å². The molecule has 27 heavy (non-hydrogen) atoms. The van der Waals surface area contributed by atoms with Crippen molar-refractivity contribution in [1.29, 1.82) is 0 Å². The van der Waals surface area contributed by atoms with Crippen LogP contribution in [0.15, 0.2) is 0 Å². The molecule has 7 nitrogen and oxygen atoms in total. The fourth-order valence-corrected chi connectivity index (χ4v) is 4.35. The molecule has 0 aromatic carbocycles. The Kier molecular flexibility index (Phi) is 8.24. The second-order valence-corrected chi connectivity index (χ2v) is 7.61. The van der Waals surface area contributed by atoms with E-state index in [9.17, 15) is 14.4 Å². The molecule has 1 fully saturated rings. The van der Waals surface area contributed by atoms with Crippen LogP contribution >= 0.6 is 11.3 Å². The number of esters is 2. The Morgan fingerprint density at radius 3 is 2.19 bits per heavy atom. The van der Waals surface area contributed by atoms with Gasteiger partial charge in [0, 0.05) is 0 Å². The molecular formula is C19H29N2O5S+. The zero-order chi connectivity index (χ0) is 19.8. The molecule has 0 unspecified atom stereocenters. The zero-order valence-corrected chi connectivity index (χ0v) is 17.1. The first-order valence-electron chi connectivity index (χ1n) is 9.58. The summed E-state index contributed by atoms with van der Waals surface area (Å²) in [7, 11) is 0. The van der Waals surface area contributed by atoms with Gasteiger partial charge in [0.05, 0.1) is 31.9 Å². The minimum Gasteiger partial charge on any atom is -0.462 e. The third kappa shape index (κ3) is 5.77. The van der Waals surface area contributed by atoms with Crippen LogP contribution in [0, 0.1) is 6.92 Å². The minimum absolute atomic E-state index is 0.158. The third-order valence-electron chi connectivity index (χ3n) is 4.56. The van der Waals surface area contributed by atoms with Gasteiger partial charge >= 0.3 is 11.9 Å². The third-order valence-corrected chi connectivity index (χ3v) is 5.75. The molecule has 0 radical (unpaired) electrons. The van der Waals surface area contributed by atoms with Crippen molar-refractivity contribution in [3.8, 4) is 0 Å². The molecule has 1 saturated heterocycles. The normalized spacial score (nSPS) is 15.1. The molecule has 1 aliphatic heterocycles. The van der Waals surface area contributed by atoms with Gasteiger partial charge in [-0.2, -0.15) is 0 Å². The lowest BCUT2D eigenvalue weighted by molar-refractivity contribution is -0.890. The molecule has 1 aliphatic rings. The molecule has 1 aromatic rings. The summed E-state index contributed by atoms with van der Waals surface area (Å²) in [6, 6.07) is 0. The number of ether oxygens (including phenoxy) is 2. The van der Waals surface area contributed by atoms with Gasteiger partial charge in [0.25, 0.3) is 5.91 Å². The van der Waals surface area contributed by atoms with Crippen LogP contribution in [0.5, 0.6) is 0 Å². The highest BCUT2D eigenvalue weighted by molar-refractivity contribution is 7.18. The fourth-order valence-electron chi connectivity index (χ4n) is 3.25. The lowest BCUT2D eigenvalue weighted by Crippen LogP contribution is -3.12. The maximum absolute atomic E-state index is 12.5. The van der Waals surface area contributed by atoms with Crippen LogP contribution < -0.4 is 10.2 Å². The topological polar surface area (TPSA) is 86.1 Å². The summed E-state index contributed by atoms with van der Waals surface area (Å²) >= 11 is 1.07. The number of carbonyl (C=O) groups excluding carboxylic acids is 3. The molecule has 150 valence electrons. The molecule has 0 bridgehead atoms. The standard InChI is InChI=1S/C19H28N2O5S/c1-4-25-18(23)15-13(3)16(19(24)26-5-2)27-17(15)20-14(22)12-21-10-8-6-7-9-11-21/h4-12H2,1-3H3,(H,20,22)/p+1. The van der Waals surface area contributed by atoms with Crippen LogP contribution in [0.1, 0.15) is 65.1 Å². The molecule has 1 aromatic heterocycles. The summed E-state index contributed by atoms with van der Waals surface area (Å²) in [6.07, 6.45) is 4.68. The van der Waals surface area contributed by atoms with Crippen molar-refractivity contribution in [1.82, 2.24) is 0 Å². The second kappa shape index (κ2) is 10.4. The van der Waals surface area contributed by atoms with Gasteiger partial charge in [-0.05, 0) is 52.0 Å². The van der Waals surface area contributed by atoms with Gasteiger partial charge in [0.1, 0.15) is 9.88 Å². The van der Waals surface area contributed by atoms with Crippen molar-refractivity contribution in [2.75, 3.05) is 38.2 Å². The minimum atomic E-state index is -0.542. The monoisotopic (exact) mass is 397 g/mol. The average molecular weight is 398 g/mol. The van der Waals surface area contributed by atoms with Gasteiger partial charge < -0.3 is 19.7 Å². The number of likely N-dealkylation sites (tertiary alicyclic amines) is 1. The summed E-state index contributed by atoms with van der Waals surface area (Å²) in [5.41, 5.74) is 0.721. The van der Waals surface area contributed by atoms with E-state index < -0.39 is 11.9 Å². The molecule has 1 amide bonds. The highest BCUT2D eigenvalue weighted by atomic mass is 32.1. The number of rotatable bonds is 7. The lowest BCUT2D eigenvalue weighted by Gasteiger charge is -2.16. The molecule has 2 rings (SSSR count). The number of hydrogen-bond donors (Lipinski definition) is 2. The number of carbonyl (C=O) groups is 3. The van der Waals surface area contributed by atoms with Crippen molar-refractivity contribution in [2.24, 2.45) is 0 Å². The number of amides is 1. The van der Waals surface area contributed by atoms with E-state index in [4.69, 9.17) is 9.47 Å². The van der Waals surface area contributed by atoms with E-state index in [1.165, 1.54) is 17.7 Å². The Balaban J connectivity index is 2.19. The highest BCUT2D eigenvalue weighted by Crippen LogP contribution is 2.34. The van der Waals surface area contributed by atoms with E-state index in [0.29, 0.717) is 22.0 Å². The number of anilines is 1. The Morgan fingerprint density at radius 2 is 1.59 bits per heavy atom. The quantitative estimate of drug-likeness (QED) is 0.686. The van der Waals surface area contributed by atoms with Gasteiger partial charge in [0.2, 0.25) is 0 Å². The maximum atomic E-state index is 12.5. The smallest absolute Gasteiger partial charge is 0.348 e. The molecular weight excluding hydrogens is 368 g/mol. The van der Waals surface area contributed by atoms with Gasteiger partial charge in [-0.3, -0.25) is 4.79 Å². The number of hydrogen-bond acceptors (Lipinski definition) is 6. The molecule has 0 aliphatic carbocycles. The fraction of sp³-hybridized carbons (Fsp3) is 0.632. The van der Waals surface area contributed by atoms with Crippen molar-refractivity contribution in [2.45, 2.75) is 46.5 Å². The highest BCUT2D eigenvalue weighted by Gasteiger charge is 2.28. The van der Waals surface area contributed by atoms with Gasteiger partial charge in [-0.25, -0.2) is 9.59 Å². The van der Waals surface area contributed by atoms with Crippen LogP contribution in [0.3, 0.4) is 0 Å². The summed E-state index contributed by atoms with van der Waals surface area (Å²) in [5, 5.41) is 3.18. The summed E-state index contributed by atoms with van der Waals surface area (Å²) < 4.78 is 10.2. The first kappa shape index (κ1) is 21.4. The van der Waals surface area contributed by atoms with E-state index in [1.807, 2.05) is 0 Å². The molecule has 8 heteroatoms. The number of thiophene rings is 1. The maximum Gasteiger partial charge on any atom is 0.348 e. The molecule has 0 spiro atoms. The Hall–Kier alpha value is -1.93. The van der Waals surface area contributed by atoms with Crippen molar-refractivity contribution in [3.63, 3.8) is 0 Å². The predicted octanol–water partition coefficient (Wildman–Crippen LogP) is 1.81. The molecule has 2 heterocycles. The van der Waals surface area contributed by atoms with E-state index in [0.717, 1.165) is 37.3 Å². The largest absolute Gasteiger partial charge is 0.462 e. The van der Waals surface area contributed by atoms with Crippen molar-refractivity contribution >= 4 is 34.2 Å². The van der Waals surface area contributed by atoms with Gasteiger partial charge in [0.15, 0.2) is 6.54 Å². The first-order valence-corrected chi connectivity index (χ1v) is 10.4. The molecule has 0 atom stereocenters. The predicted molar refractivity (Wildman–Crippen MR) is 104 cm³/mol. The van der Waals surface area contributed by atoms with Gasteiger partial charge in [-0.15, -0.1) is 11.3 Å². The summed E-state index contributed by atoms with van der Waals surface area (Å²) in [6.45, 7) is 7.88. The van der Waals surface area contributed by atoms with Crippen molar-refractivity contribution < 1.29 is 28.8 Å². The van der Waals surface area contributed by atoms with Crippen molar-refractivity contribution in [3.05, 3.63) is 16.0 Å². The SMILES string of the molecule is CCOC(=O)c1sc(NC(=O)C[NH+]2CCCCCC2)c(C(=O)OCC)c1C. The van der Waals surface area contributed by atoms with E-state index in [2.05, 4.69) is 5.32 Å². The number of nitrogens with one attached hydrogen (secondary N) is 2. The summed E-state index contributed by atoms with van der Waals surface area (Å²) in [5.74, 6) is -1.20. The van der Waals surface area contributed by atoms with Crippen LogP contribution in [0.25, 0.3) is 0 Å². The van der Waals surface area contributed by atoms with Crippen LogP contribution in [0.2, 0.25) is 0 Å². The summed E-state index contributed by atoms with van der Waals surface area (Å²) in [4.78, 5) is 38.7. The van der Waals surface area contributed by atoms with E-state index in [1.54, 1.807) is 20.8 Å². The second-order valence-electron chi connectivity index (χ2n) is 6.59. The van der Waals surface area contributed by atoms with E-state index in [-0.39, 0.29) is 24.7 Å². The Morgan fingerprint density at radius 1 is 1.00 bits per heavy atom. The van der Waals surface area contributed by atoms with Gasteiger partial charge in [-0.1, -0.05) is 0 Å². The van der Waals surface area contributed by atoms with Crippen LogP contribution in [-0.4, -0.2) is 50.7 Å². The molecule has 0 saturated carbocycles. The molecule has 2 N–H and O–H groups in total. The number of quaternary nitrogens is 1.